The molecular formula is C15H25NO3. The molecule has 2 heterocycles. The number of ether oxygens (including phenoxy) is 1. The lowest BCUT2D eigenvalue weighted by atomic mass is 9.88. The monoisotopic (exact) mass is 267 g/mol. The Hall–Kier alpha value is -0.900. The smallest absolute Gasteiger partial charge is 0.223 e. The highest BCUT2D eigenvalue weighted by molar-refractivity contribution is 5.88. The SMILES string of the molecule is CC1(C)CCC(=O)CN1C(=O)CCC1CCOCC1. The molecule has 0 unspecified atom stereocenters. The Bertz CT molecular complexity index is 345. The van der Waals surface area contributed by atoms with E-state index in [0.717, 1.165) is 38.9 Å². The normalized spacial score (nSPS) is 24.5. The van der Waals surface area contributed by atoms with Crippen LogP contribution in [0.3, 0.4) is 0 Å². The highest BCUT2D eigenvalue weighted by Gasteiger charge is 2.36. The summed E-state index contributed by atoms with van der Waals surface area (Å²) in [5.74, 6) is 0.949. The zero-order valence-corrected chi connectivity index (χ0v) is 12.1. The fourth-order valence-corrected chi connectivity index (χ4v) is 2.97. The molecule has 0 bridgehead atoms. The number of Topliss-reactive ketones (excluding diaryl/α,β-unsaturated/α-hetero) is 1. The maximum atomic E-state index is 12.3. The summed E-state index contributed by atoms with van der Waals surface area (Å²) in [4.78, 5) is 25.7. The zero-order chi connectivity index (χ0) is 13.9. The van der Waals surface area contributed by atoms with Gasteiger partial charge in [-0.3, -0.25) is 9.59 Å². The van der Waals surface area contributed by atoms with Gasteiger partial charge < -0.3 is 9.64 Å². The lowest BCUT2D eigenvalue weighted by Crippen LogP contribution is -2.53. The molecule has 2 rings (SSSR count). The van der Waals surface area contributed by atoms with E-state index in [-0.39, 0.29) is 17.2 Å². The van der Waals surface area contributed by atoms with Gasteiger partial charge >= 0.3 is 0 Å². The van der Waals surface area contributed by atoms with Gasteiger partial charge in [-0.15, -0.1) is 0 Å². The first kappa shape index (κ1) is 14.5. The number of nitrogens with zero attached hydrogens (tertiary/aromatic N) is 1. The van der Waals surface area contributed by atoms with Crippen LogP contribution >= 0.6 is 0 Å². The van der Waals surface area contributed by atoms with Crippen molar-refractivity contribution < 1.29 is 14.3 Å². The van der Waals surface area contributed by atoms with E-state index in [2.05, 4.69) is 13.8 Å². The number of carbonyl (C=O) groups is 2. The Labute approximate surface area is 115 Å². The fourth-order valence-electron chi connectivity index (χ4n) is 2.97. The van der Waals surface area contributed by atoms with Crippen molar-refractivity contribution in [3.05, 3.63) is 0 Å². The lowest BCUT2D eigenvalue weighted by molar-refractivity contribution is -0.145. The molecule has 0 aliphatic carbocycles. The molecule has 0 aromatic heterocycles. The Kier molecular flexibility index (Phi) is 4.61. The van der Waals surface area contributed by atoms with E-state index < -0.39 is 0 Å². The number of piperidine rings is 1. The van der Waals surface area contributed by atoms with Crippen molar-refractivity contribution in [2.75, 3.05) is 19.8 Å². The van der Waals surface area contributed by atoms with Crippen LogP contribution in [-0.4, -0.2) is 41.9 Å². The van der Waals surface area contributed by atoms with E-state index in [4.69, 9.17) is 4.74 Å². The van der Waals surface area contributed by atoms with E-state index in [1.165, 1.54) is 0 Å². The molecule has 0 aromatic rings. The summed E-state index contributed by atoms with van der Waals surface area (Å²) >= 11 is 0. The second kappa shape index (κ2) is 6.04. The van der Waals surface area contributed by atoms with Crippen molar-refractivity contribution in [3.63, 3.8) is 0 Å². The van der Waals surface area contributed by atoms with Crippen LogP contribution in [0.1, 0.15) is 52.4 Å². The van der Waals surface area contributed by atoms with E-state index in [0.29, 0.717) is 25.3 Å². The van der Waals surface area contributed by atoms with Gasteiger partial charge in [0.1, 0.15) is 0 Å². The molecule has 0 saturated carbocycles. The predicted molar refractivity (Wildman–Crippen MR) is 72.8 cm³/mol. The van der Waals surface area contributed by atoms with Crippen LogP contribution in [0, 0.1) is 5.92 Å². The Morgan fingerprint density at radius 1 is 1.37 bits per heavy atom. The summed E-state index contributed by atoms with van der Waals surface area (Å²) in [7, 11) is 0. The van der Waals surface area contributed by atoms with Crippen molar-refractivity contribution >= 4 is 11.7 Å². The van der Waals surface area contributed by atoms with Gasteiger partial charge in [-0.05, 0) is 45.4 Å². The van der Waals surface area contributed by atoms with Crippen molar-refractivity contribution in [1.29, 1.82) is 0 Å². The number of carbonyl (C=O) groups excluding carboxylic acids is 2. The Morgan fingerprint density at radius 3 is 2.74 bits per heavy atom. The van der Waals surface area contributed by atoms with Crippen LogP contribution in [-0.2, 0) is 14.3 Å². The number of likely N-dealkylation sites (tertiary alicyclic amines) is 1. The first-order valence-corrected chi connectivity index (χ1v) is 7.39. The lowest BCUT2D eigenvalue weighted by Gasteiger charge is -2.42. The van der Waals surface area contributed by atoms with Crippen LogP contribution in [0.25, 0.3) is 0 Å². The van der Waals surface area contributed by atoms with Crippen LogP contribution in [0.4, 0.5) is 0 Å². The molecule has 2 fully saturated rings. The van der Waals surface area contributed by atoms with Gasteiger partial charge in [-0.2, -0.15) is 0 Å². The van der Waals surface area contributed by atoms with Crippen LogP contribution in [0.5, 0.6) is 0 Å². The predicted octanol–water partition coefficient (Wildman–Crippen LogP) is 2.16. The Balaban J connectivity index is 1.85. The Morgan fingerprint density at radius 2 is 2.05 bits per heavy atom. The van der Waals surface area contributed by atoms with Crippen molar-refractivity contribution in [3.8, 4) is 0 Å². The van der Waals surface area contributed by atoms with E-state index in [1.807, 2.05) is 0 Å². The molecule has 0 radical (unpaired) electrons. The summed E-state index contributed by atoms with van der Waals surface area (Å²) in [6.07, 6.45) is 5.03. The average molecular weight is 267 g/mol. The third kappa shape index (κ3) is 3.78. The average Bonchev–Trinajstić information content (AvgIpc) is 2.40. The number of hydrogen-bond donors (Lipinski definition) is 0. The standard InChI is InChI=1S/C15H25NO3/c1-15(2)8-5-13(17)11-16(15)14(18)4-3-12-6-9-19-10-7-12/h12H,3-11H2,1-2H3. The summed E-state index contributed by atoms with van der Waals surface area (Å²) in [5, 5.41) is 0. The molecule has 0 atom stereocenters. The van der Waals surface area contributed by atoms with E-state index in [1.54, 1.807) is 4.90 Å². The van der Waals surface area contributed by atoms with Gasteiger partial charge in [0.15, 0.2) is 5.78 Å². The highest BCUT2D eigenvalue weighted by Crippen LogP contribution is 2.28. The molecule has 19 heavy (non-hydrogen) atoms. The molecule has 4 nitrogen and oxygen atoms in total. The molecule has 0 N–H and O–H groups in total. The third-order valence-electron chi connectivity index (χ3n) is 4.49. The van der Waals surface area contributed by atoms with Gasteiger partial charge in [0.05, 0.1) is 6.54 Å². The molecule has 1 amide bonds. The molecule has 108 valence electrons. The van der Waals surface area contributed by atoms with E-state index >= 15 is 0 Å². The number of hydrogen-bond acceptors (Lipinski definition) is 3. The molecule has 2 aliphatic heterocycles. The van der Waals surface area contributed by atoms with Gasteiger partial charge in [0.25, 0.3) is 0 Å². The van der Waals surface area contributed by atoms with Crippen molar-refractivity contribution in [2.24, 2.45) is 5.92 Å². The molecule has 0 aromatic carbocycles. The minimum Gasteiger partial charge on any atom is -0.381 e. The summed E-state index contributed by atoms with van der Waals surface area (Å²) in [5.41, 5.74) is -0.166. The van der Waals surface area contributed by atoms with Crippen LogP contribution in [0.15, 0.2) is 0 Å². The molecule has 0 spiro atoms. The molecule has 2 saturated heterocycles. The summed E-state index contributed by atoms with van der Waals surface area (Å²) in [6.45, 7) is 6.08. The van der Waals surface area contributed by atoms with Gasteiger partial charge in [0.2, 0.25) is 5.91 Å². The van der Waals surface area contributed by atoms with Crippen molar-refractivity contribution in [2.45, 2.75) is 57.9 Å². The van der Waals surface area contributed by atoms with Gasteiger partial charge in [0, 0.05) is 31.6 Å². The van der Waals surface area contributed by atoms with E-state index in [9.17, 15) is 9.59 Å². The third-order valence-corrected chi connectivity index (χ3v) is 4.49. The summed E-state index contributed by atoms with van der Waals surface area (Å²) < 4.78 is 5.33. The van der Waals surface area contributed by atoms with Crippen molar-refractivity contribution in [1.82, 2.24) is 4.90 Å². The minimum atomic E-state index is -0.166. The molecule has 2 aliphatic rings. The quantitative estimate of drug-likeness (QED) is 0.787. The largest absolute Gasteiger partial charge is 0.381 e. The minimum absolute atomic E-state index is 0.143. The maximum absolute atomic E-state index is 12.3. The zero-order valence-electron chi connectivity index (χ0n) is 12.1. The van der Waals surface area contributed by atoms with Gasteiger partial charge in [-0.1, -0.05) is 0 Å². The topological polar surface area (TPSA) is 46.6 Å². The second-order valence-corrected chi connectivity index (χ2v) is 6.43. The van der Waals surface area contributed by atoms with Crippen LogP contribution in [0.2, 0.25) is 0 Å². The summed E-state index contributed by atoms with van der Waals surface area (Å²) in [6, 6.07) is 0. The van der Waals surface area contributed by atoms with Gasteiger partial charge in [-0.25, -0.2) is 0 Å². The van der Waals surface area contributed by atoms with Crippen LogP contribution < -0.4 is 0 Å². The second-order valence-electron chi connectivity index (χ2n) is 6.43. The molecular weight excluding hydrogens is 242 g/mol. The maximum Gasteiger partial charge on any atom is 0.223 e. The highest BCUT2D eigenvalue weighted by atomic mass is 16.5. The number of ketones is 1. The number of rotatable bonds is 3. The number of amides is 1. The molecule has 4 heteroatoms. The first-order valence-electron chi connectivity index (χ1n) is 7.39. The fraction of sp³-hybridized carbons (Fsp3) is 0.867. The first-order chi connectivity index (χ1) is 8.99.